The zero-order valence-electron chi connectivity index (χ0n) is 31.6. The molecular formula is C38H50O14. The number of carbonyl (C=O) groups is 4. The quantitative estimate of drug-likeness (QED) is 0.156. The van der Waals surface area contributed by atoms with Gasteiger partial charge in [-0.15, -0.1) is 0 Å². The highest BCUT2D eigenvalue weighted by atomic mass is 16.9. The Hall–Kier alpha value is -3.46. The maximum Gasteiger partial charge on any atom is 0.338 e. The smallest absolute Gasteiger partial charge is 0.338 e. The van der Waals surface area contributed by atoms with E-state index in [9.17, 15) is 29.4 Å². The predicted octanol–water partition coefficient (Wildman–Crippen LogP) is 4.58. The van der Waals surface area contributed by atoms with E-state index in [0.29, 0.717) is 5.56 Å². The van der Waals surface area contributed by atoms with Gasteiger partial charge in [0.05, 0.1) is 25.2 Å². The van der Waals surface area contributed by atoms with Crippen molar-refractivity contribution in [1.82, 2.24) is 0 Å². The lowest BCUT2D eigenvalue weighted by Crippen LogP contribution is -2.93. The molecule has 6 aliphatic rings. The van der Waals surface area contributed by atoms with Crippen molar-refractivity contribution in [2.24, 2.45) is 34.0 Å². The van der Waals surface area contributed by atoms with Crippen LogP contribution in [0.3, 0.4) is 0 Å². The summed E-state index contributed by atoms with van der Waals surface area (Å²) in [4.78, 5) is 54.0. The third-order valence-corrected chi connectivity index (χ3v) is 13.9. The fourth-order valence-corrected chi connectivity index (χ4v) is 12.6. The fourth-order valence-electron chi connectivity index (χ4n) is 12.6. The van der Waals surface area contributed by atoms with Gasteiger partial charge in [-0.1, -0.05) is 48.5 Å². The summed E-state index contributed by atoms with van der Waals surface area (Å²) in [6, 6.07) is 1.64. The Morgan fingerprint density at radius 1 is 1.08 bits per heavy atom. The molecule has 14 nitrogen and oxygen atoms in total. The van der Waals surface area contributed by atoms with Crippen LogP contribution in [0.1, 0.15) is 100 Å². The van der Waals surface area contributed by atoms with Gasteiger partial charge in [0.2, 0.25) is 0 Å². The lowest BCUT2D eigenvalue weighted by Gasteiger charge is -2.75. The van der Waals surface area contributed by atoms with Crippen molar-refractivity contribution in [3.8, 4) is 0 Å². The number of aliphatic hydroxyl groups excluding tert-OH is 1. The fraction of sp³-hybridized carbons (Fsp3) is 0.737. The van der Waals surface area contributed by atoms with Crippen LogP contribution in [0.5, 0.6) is 0 Å². The van der Waals surface area contributed by atoms with Gasteiger partial charge in [-0.25, -0.2) is 4.79 Å². The summed E-state index contributed by atoms with van der Waals surface area (Å²) in [6.45, 7) is 16.7. The van der Waals surface area contributed by atoms with Gasteiger partial charge in [-0.3, -0.25) is 14.4 Å². The van der Waals surface area contributed by atoms with Crippen molar-refractivity contribution in [3.63, 3.8) is 0 Å². The topological polar surface area (TPSA) is 186 Å². The molecule has 0 amide bonds. The minimum absolute atomic E-state index is 0.0832. The average molecular weight is 731 g/mol. The van der Waals surface area contributed by atoms with Gasteiger partial charge in [0.15, 0.2) is 17.3 Å². The highest BCUT2D eigenvalue weighted by molar-refractivity contribution is 5.92. The second-order valence-corrected chi connectivity index (χ2v) is 17.0. The molecule has 0 radical (unpaired) electrons. The first-order valence-electron chi connectivity index (χ1n) is 18.0. The average Bonchev–Trinajstić information content (AvgIpc) is 3.74. The number of aliphatic hydroxyl groups is 2. The molecule has 7 rings (SSSR count). The van der Waals surface area contributed by atoms with Crippen LogP contribution in [0.2, 0.25) is 0 Å². The van der Waals surface area contributed by atoms with Crippen LogP contribution in [0.4, 0.5) is 0 Å². The van der Waals surface area contributed by atoms with Crippen LogP contribution >= 0.6 is 0 Å². The molecule has 6 fully saturated rings. The third-order valence-electron chi connectivity index (χ3n) is 13.9. The van der Waals surface area contributed by atoms with Crippen molar-refractivity contribution in [1.29, 1.82) is 0 Å². The molecule has 14 heteroatoms. The molecule has 3 aliphatic heterocycles. The van der Waals surface area contributed by atoms with E-state index in [1.807, 2.05) is 20.8 Å². The number of methoxy groups -OCH3 is 1. The largest absolute Gasteiger partial charge is 0.511 e. The number of fused-ring (bicyclic) bond motifs is 3. The predicted molar refractivity (Wildman–Crippen MR) is 176 cm³/mol. The second-order valence-electron chi connectivity index (χ2n) is 17.0. The van der Waals surface area contributed by atoms with Crippen LogP contribution in [0.15, 0.2) is 34.3 Å². The molecule has 4 heterocycles. The summed E-state index contributed by atoms with van der Waals surface area (Å²) in [7, 11) is 1.29. The molecule has 3 saturated carbocycles. The Morgan fingerprint density at radius 3 is 2.29 bits per heavy atom. The number of esters is 4. The van der Waals surface area contributed by atoms with Crippen molar-refractivity contribution >= 4 is 23.9 Å². The molecule has 1 aromatic heterocycles. The number of allylic oxidation sites excluding steroid dienone is 1. The summed E-state index contributed by atoms with van der Waals surface area (Å²) >= 11 is 0. The molecule has 3 saturated heterocycles. The molecule has 4 bridgehead atoms. The van der Waals surface area contributed by atoms with Crippen molar-refractivity contribution < 1.29 is 67.0 Å². The number of hydrogen-bond acceptors (Lipinski definition) is 14. The van der Waals surface area contributed by atoms with Gasteiger partial charge >= 0.3 is 23.9 Å². The highest BCUT2D eigenvalue weighted by Gasteiger charge is 3.03. The Bertz CT molecular complexity index is 1770. The Kier molecular flexibility index (Phi) is 7.68. The molecule has 12 atom stereocenters. The summed E-state index contributed by atoms with van der Waals surface area (Å²) in [5, 5.41) is 25.8. The lowest BCUT2D eigenvalue weighted by molar-refractivity contribution is -0.475. The van der Waals surface area contributed by atoms with Crippen molar-refractivity contribution in [3.05, 3.63) is 35.5 Å². The standard InChI is InChI=1S/C38H50O14/c1-12-35-33(9)22(15-23(41)45-11)32(8)17-36(33)37(44,29(32)48-20(5)40)30-38(35,52-34(10,50-35)51-36)26(24(28(43)49-30)25(42)18(2)3)31(6,7)27(47-19(4)39)21-13-14-46-16-21/h13-14,16,18,22,26-27,29-30,42,44H,12,15,17H2,1-11H3/b25-24-. The Labute approximate surface area is 302 Å². The van der Waals surface area contributed by atoms with Crippen LogP contribution in [0, 0.1) is 34.0 Å². The van der Waals surface area contributed by atoms with E-state index in [0.717, 1.165) is 0 Å². The summed E-state index contributed by atoms with van der Waals surface area (Å²) in [6.07, 6.45) is -1.15. The molecule has 12 unspecified atom stereocenters. The minimum Gasteiger partial charge on any atom is -0.511 e. The SMILES string of the molecule is CCC12OC3(C)OC14C(C(C)(C)C(OC(C)=O)c1ccoc1)/C(=C(/O)C(C)C)C(=O)OC4C1(O)C(OC(C)=O)C4(C)CC1(O3)C2(C)C4CC(=O)OC. The van der Waals surface area contributed by atoms with Gasteiger partial charge in [0.1, 0.15) is 29.2 Å². The normalized spacial score (nSPS) is 45.4. The number of carbonyl (C=O) groups excluding carboxylic acids is 4. The van der Waals surface area contributed by atoms with E-state index in [4.69, 9.17) is 37.6 Å². The zero-order valence-corrected chi connectivity index (χ0v) is 31.6. The molecule has 2 N–H and O–H groups in total. The number of hydrogen-bond donors (Lipinski definition) is 2. The Balaban J connectivity index is 1.64. The van der Waals surface area contributed by atoms with E-state index >= 15 is 0 Å². The second kappa shape index (κ2) is 10.8. The summed E-state index contributed by atoms with van der Waals surface area (Å²) < 4.78 is 50.6. The van der Waals surface area contributed by atoms with Gasteiger partial charge in [-0.05, 0) is 24.8 Å². The van der Waals surface area contributed by atoms with Crippen LogP contribution < -0.4 is 0 Å². The van der Waals surface area contributed by atoms with E-state index in [1.54, 1.807) is 40.7 Å². The molecule has 286 valence electrons. The van der Waals surface area contributed by atoms with Gasteiger partial charge < -0.3 is 47.8 Å². The monoisotopic (exact) mass is 730 g/mol. The highest BCUT2D eigenvalue weighted by Crippen LogP contribution is 2.89. The number of furan rings is 1. The van der Waals surface area contributed by atoms with Crippen LogP contribution in [0.25, 0.3) is 0 Å². The molecule has 52 heavy (non-hydrogen) atoms. The van der Waals surface area contributed by atoms with Crippen molar-refractivity contribution in [2.45, 2.75) is 135 Å². The van der Waals surface area contributed by atoms with Gasteiger partial charge in [0.25, 0.3) is 5.97 Å². The maximum atomic E-state index is 14.7. The molecule has 0 aromatic carbocycles. The van der Waals surface area contributed by atoms with Gasteiger partial charge in [0, 0.05) is 60.8 Å². The Morgan fingerprint density at radius 2 is 1.75 bits per heavy atom. The first-order chi connectivity index (χ1) is 24.0. The minimum atomic E-state index is -2.29. The number of rotatable bonds is 9. The number of ether oxygens (including phenoxy) is 7. The summed E-state index contributed by atoms with van der Waals surface area (Å²) in [5.41, 5.74) is -11.0. The molecule has 2 spiro atoms. The molecule has 3 aliphatic carbocycles. The lowest BCUT2D eigenvalue weighted by atomic mass is 9.35. The third kappa shape index (κ3) is 3.84. The van der Waals surface area contributed by atoms with E-state index in [-0.39, 0.29) is 30.6 Å². The molecular weight excluding hydrogens is 680 g/mol. The van der Waals surface area contributed by atoms with E-state index in [1.165, 1.54) is 33.5 Å². The van der Waals surface area contributed by atoms with E-state index in [2.05, 4.69) is 0 Å². The first-order valence-corrected chi connectivity index (χ1v) is 18.0. The van der Waals surface area contributed by atoms with Crippen LogP contribution in [-0.4, -0.2) is 81.8 Å². The first kappa shape index (κ1) is 36.9. The molecule has 1 aromatic rings. The summed E-state index contributed by atoms with van der Waals surface area (Å²) in [5.74, 6) is -7.58. The maximum absolute atomic E-state index is 14.7. The van der Waals surface area contributed by atoms with E-state index < -0.39 is 105 Å². The van der Waals surface area contributed by atoms with Crippen molar-refractivity contribution in [2.75, 3.05) is 7.11 Å². The van der Waals surface area contributed by atoms with Gasteiger partial charge in [-0.2, -0.15) is 0 Å². The zero-order chi connectivity index (χ0) is 38.4. The van der Waals surface area contributed by atoms with Crippen LogP contribution in [-0.2, 0) is 52.3 Å².